The molecule has 0 radical (unpaired) electrons. The van der Waals surface area contributed by atoms with E-state index in [2.05, 4.69) is 143 Å². The summed E-state index contributed by atoms with van der Waals surface area (Å²) < 4.78 is 20.6. The lowest BCUT2D eigenvalue weighted by Gasteiger charge is -2.47. The largest absolute Gasteiger partial charge is 0.472 e. The molecule has 0 spiro atoms. The van der Waals surface area contributed by atoms with Crippen LogP contribution < -0.4 is 10.4 Å². The molecule has 4 nitrogen and oxygen atoms in total. The van der Waals surface area contributed by atoms with Gasteiger partial charge in [-0.3, -0.25) is 4.79 Å². The van der Waals surface area contributed by atoms with Crippen LogP contribution in [0.1, 0.15) is 119 Å². The standard InChI is InChI=1S/C42H62O4Si2/c1-30(2)37-38(46-47(11,12)39(3,4)5)35(43)27-42(37,10)26-25-41(9)24-23-36(33-28-44-29-34(33)41)45-48(40(6,7)8,31-19-15-13-16-20-31)32-21-17-14-18-22-32/h13-22,28-30,36-38H,23-27H2,1-12H3/t36-,37-,38+,41-,42-/m1/s1. The minimum absolute atomic E-state index is 0.0486. The number of hydrogen-bond donors (Lipinski definition) is 0. The summed E-state index contributed by atoms with van der Waals surface area (Å²) in [6, 6.07) is 21.9. The maximum Gasteiger partial charge on any atom is 0.261 e. The molecule has 2 aromatic carbocycles. The molecule has 0 unspecified atom stereocenters. The molecule has 48 heavy (non-hydrogen) atoms. The van der Waals surface area contributed by atoms with Gasteiger partial charge in [-0.15, -0.1) is 0 Å². The van der Waals surface area contributed by atoms with Crippen LogP contribution >= 0.6 is 0 Å². The average Bonchev–Trinajstić information content (AvgIpc) is 3.60. The molecular formula is C42H62O4Si2. The first-order valence-electron chi connectivity index (χ1n) is 18.3. The van der Waals surface area contributed by atoms with Crippen LogP contribution in [0.15, 0.2) is 77.6 Å². The predicted molar refractivity (Wildman–Crippen MR) is 204 cm³/mol. The Hall–Kier alpha value is -2.26. The van der Waals surface area contributed by atoms with Crippen molar-refractivity contribution in [1.29, 1.82) is 0 Å². The van der Waals surface area contributed by atoms with Crippen molar-refractivity contribution in [3.05, 3.63) is 84.3 Å². The zero-order valence-corrected chi connectivity index (χ0v) is 33.9. The van der Waals surface area contributed by atoms with Crippen molar-refractivity contribution >= 4 is 32.8 Å². The summed E-state index contributed by atoms with van der Waals surface area (Å²) in [5, 5.41) is 2.57. The van der Waals surface area contributed by atoms with Gasteiger partial charge in [-0.1, -0.05) is 130 Å². The lowest BCUT2D eigenvalue weighted by molar-refractivity contribution is -0.125. The number of carbonyl (C=O) groups excluding carboxylic acids is 1. The van der Waals surface area contributed by atoms with E-state index < -0.39 is 16.6 Å². The highest BCUT2D eigenvalue weighted by Crippen LogP contribution is 2.55. The van der Waals surface area contributed by atoms with Crippen molar-refractivity contribution in [3.63, 3.8) is 0 Å². The molecule has 1 saturated carbocycles. The monoisotopic (exact) mass is 686 g/mol. The predicted octanol–water partition coefficient (Wildman–Crippen LogP) is 10.4. The Balaban J connectivity index is 1.44. The van der Waals surface area contributed by atoms with E-state index in [1.165, 1.54) is 21.5 Å². The molecule has 2 aliphatic rings. The highest BCUT2D eigenvalue weighted by Gasteiger charge is 2.56. The van der Waals surface area contributed by atoms with Gasteiger partial charge in [0, 0.05) is 17.5 Å². The molecule has 0 saturated heterocycles. The third-order valence-electron chi connectivity index (χ3n) is 12.6. The molecule has 5 atom stereocenters. The second kappa shape index (κ2) is 13.1. The molecule has 1 heterocycles. The van der Waals surface area contributed by atoms with E-state index in [-0.39, 0.29) is 39.0 Å². The maximum absolute atomic E-state index is 13.8. The molecule has 0 aliphatic heterocycles. The molecule has 0 bridgehead atoms. The van der Waals surface area contributed by atoms with Crippen LogP contribution in [0.4, 0.5) is 0 Å². The lowest BCUT2D eigenvalue weighted by Crippen LogP contribution is -2.67. The number of hydrogen-bond acceptors (Lipinski definition) is 4. The van der Waals surface area contributed by atoms with Crippen molar-refractivity contribution in [2.45, 2.75) is 142 Å². The number of rotatable bonds is 10. The SMILES string of the molecule is CC(C)[C@@H]1[C@@H](O[Si](C)(C)C(C)(C)C)C(=O)C[C@@]1(C)CC[C@@]1(C)CC[C@@H](O[Si](c2ccccc2)(c2ccccc2)C(C)(C)C)c2cocc21. The number of fused-ring (bicyclic) bond motifs is 1. The van der Waals surface area contributed by atoms with E-state index in [4.69, 9.17) is 13.3 Å². The van der Waals surface area contributed by atoms with Gasteiger partial charge in [0.1, 0.15) is 6.10 Å². The number of furan rings is 1. The van der Waals surface area contributed by atoms with E-state index in [1.807, 2.05) is 12.5 Å². The van der Waals surface area contributed by atoms with Crippen molar-refractivity contribution in [2.75, 3.05) is 0 Å². The summed E-state index contributed by atoms with van der Waals surface area (Å²) in [6.07, 6.45) is 8.14. The fourth-order valence-electron chi connectivity index (χ4n) is 8.86. The van der Waals surface area contributed by atoms with Gasteiger partial charge in [0.2, 0.25) is 0 Å². The van der Waals surface area contributed by atoms with E-state index >= 15 is 0 Å². The van der Waals surface area contributed by atoms with Crippen LogP contribution in [0.2, 0.25) is 23.2 Å². The summed E-state index contributed by atoms with van der Waals surface area (Å²) in [7, 11) is -4.84. The zero-order chi connectivity index (χ0) is 35.3. The summed E-state index contributed by atoms with van der Waals surface area (Å²) in [5.41, 5.74) is 2.32. The van der Waals surface area contributed by atoms with E-state index in [0.29, 0.717) is 18.1 Å². The Morgan fingerprint density at radius 1 is 0.833 bits per heavy atom. The van der Waals surface area contributed by atoms with Gasteiger partial charge in [-0.2, -0.15) is 0 Å². The van der Waals surface area contributed by atoms with Crippen LogP contribution in [0.3, 0.4) is 0 Å². The normalized spacial score (nSPS) is 27.0. The third kappa shape index (κ3) is 6.64. The summed E-state index contributed by atoms with van der Waals surface area (Å²) in [4.78, 5) is 13.8. The van der Waals surface area contributed by atoms with Gasteiger partial charge >= 0.3 is 0 Å². The molecule has 3 aromatic rings. The zero-order valence-electron chi connectivity index (χ0n) is 31.9. The number of Topliss-reactive ketones (excluding diaryl/α,β-unsaturated/α-hetero) is 1. The highest BCUT2D eigenvalue weighted by molar-refractivity contribution is 6.99. The second-order valence-electron chi connectivity index (χ2n) is 18.5. The summed E-state index contributed by atoms with van der Waals surface area (Å²) in [5.74, 6) is 0.878. The minimum atomic E-state index is -2.74. The molecule has 0 amide bonds. The lowest BCUT2D eigenvalue weighted by atomic mass is 9.64. The smallest absolute Gasteiger partial charge is 0.261 e. The Morgan fingerprint density at radius 3 is 1.90 bits per heavy atom. The quantitative estimate of drug-likeness (QED) is 0.199. The van der Waals surface area contributed by atoms with Gasteiger partial charge in [0.25, 0.3) is 8.32 Å². The average molecular weight is 687 g/mol. The number of ketones is 1. The van der Waals surface area contributed by atoms with Gasteiger partial charge in [0.15, 0.2) is 14.1 Å². The molecule has 1 aromatic heterocycles. The molecule has 1 fully saturated rings. The summed E-state index contributed by atoms with van der Waals surface area (Å²) >= 11 is 0. The van der Waals surface area contributed by atoms with Crippen LogP contribution in [0.25, 0.3) is 0 Å². The number of benzene rings is 2. The maximum atomic E-state index is 13.8. The third-order valence-corrected chi connectivity index (χ3v) is 22.1. The first kappa shape index (κ1) is 37.0. The molecule has 0 N–H and O–H groups in total. The molecule has 6 heteroatoms. The minimum Gasteiger partial charge on any atom is -0.472 e. The van der Waals surface area contributed by atoms with E-state index in [1.54, 1.807) is 0 Å². The Bertz CT molecular complexity index is 1510. The number of carbonyl (C=O) groups is 1. The molecule has 5 rings (SSSR count). The van der Waals surface area contributed by atoms with Crippen molar-refractivity contribution in [3.8, 4) is 0 Å². The highest BCUT2D eigenvalue weighted by atomic mass is 28.4. The van der Waals surface area contributed by atoms with Crippen molar-refractivity contribution in [2.24, 2.45) is 17.3 Å². The van der Waals surface area contributed by atoms with Gasteiger partial charge in [-0.05, 0) is 81.9 Å². The molecule has 262 valence electrons. The topological polar surface area (TPSA) is 48.7 Å². The Labute approximate surface area is 293 Å². The van der Waals surface area contributed by atoms with Gasteiger partial charge < -0.3 is 13.3 Å². The van der Waals surface area contributed by atoms with Crippen LogP contribution in [0, 0.1) is 17.3 Å². The Morgan fingerprint density at radius 2 is 1.40 bits per heavy atom. The fourth-order valence-corrected chi connectivity index (χ4v) is 14.8. The van der Waals surface area contributed by atoms with Gasteiger partial charge in [0.05, 0.1) is 18.6 Å². The van der Waals surface area contributed by atoms with Crippen molar-refractivity contribution < 1.29 is 18.1 Å². The van der Waals surface area contributed by atoms with E-state index in [9.17, 15) is 4.79 Å². The van der Waals surface area contributed by atoms with Crippen LogP contribution in [-0.2, 0) is 19.1 Å². The second-order valence-corrected chi connectivity index (χ2v) is 27.5. The van der Waals surface area contributed by atoms with Crippen molar-refractivity contribution in [1.82, 2.24) is 0 Å². The Kier molecular flexibility index (Phi) is 10.1. The first-order chi connectivity index (χ1) is 22.3. The van der Waals surface area contributed by atoms with Crippen LogP contribution in [-0.4, -0.2) is 28.5 Å². The molecular weight excluding hydrogens is 625 g/mol. The fraction of sp³-hybridized carbons (Fsp3) is 0.595. The summed E-state index contributed by atoms with van der Waals surface area (Å²) in [6.45, 7) is 27.7. The van der Waals surface area contributed by atoms with E-state index in [0.717, 1.165) is 25.7 Å². The molecule has 2 aliphatic carbocycles. The van der Waals surface area contributed by atoms with Gasteiger partial charge in [-0.25, -0.2) is 0 Å². The first-order valence-corrected chi connectivity index (χ1v) is 23.1. The van der Waals surface area contributed by atoms with Crippen LogP contribution in [0.5, 0.6) is 0 Å².